The molecule has 2 amide bonds. The Morgan fingerprint density at radius 2 is 1.76 bits per heavy atom. The number of fused-ring (bicyclic) bond motifs is 1. The molecule has 6 nitrogen and oxygen atoms in total. The highest BCUT2D eigenvalue weighted by molar-refractivity contribution is 5.84. The van der Waals surface area contributed by atoms with Crippen LogP contribution in [-0.2, 0) is 22.6 Å². The molecule has 0 spiro atoms. The van der Waals surface area contributed by atoms with Gasteiger partial charge in [-0.15, -0.1) is 0 Å². The summed E-state index contributed by atoms with van der Waals surface area (Å²) in [6.07, 6.45) is 2.08. The lowest BCUT2D eigenvalue weighted by Gasteiger charge is -2.36. The zero-order valence-corrected chi connectivity index (χ0v) is 17.1. The molecule has 2 N–H and O–H groups in total. The van der Waals surface area contributed by atoms with E-state index < -0.39 is 11.6 Å². The number of nitrogens with zero attached hydrogens (tertiary/aromatic N) is 1. The van der Waals surface area contributed by atoms with Gasteiger partial charge in [-0.2, -0.15) is 0 Å². The summed E-state index contributed by atoms with van der Waals surface area (Å²) in [5, 5.41) is 3.69. The molecule has 0 aliphatic rings. The quantitative estimate of drug-likeness (QED) is 0.640. The lowest BCUT2D eigenvalue weighted by molar-refractivity contribution is -0.133. The van der Waals surface area contributed by atoms with Crippen molar-refractivity contribution in [3.05, 3.63) is 71.9 Å². The van der Waals surface area contributed by atoms with Gasteiger partial charge in [-0.3, -0.25) is 4.79 Å². The van der Waals surface area contributed by atoms with Crippen molar-refractivity contribution in [1.82, 2.24) is 15.2 Å². The molecule has 1 heterocycles. The summed E-state index contributed by atoms with van der Waals surface area (Å²) in [7, 11) is 1.76. The molecular weight excluding hydrogens is 366 g/mol. The van der Waals surface area contributed by atoms with Crippen LogP contribution in [0.5, 0.6) is 0 Å². The number of H-pyrrole nitrogens is 1. The van der Waals surface area contributed by atoms with Crippen LogP contribution < -0.4 is 5.32 Å². The van der Waals surface area contributed by atoms with Gasteiger partial charge >= 0.3 is 6.09 Å². The van der Waals surface area contributed by atoms with Crippen LogP contribution in [0.25, 0.3) is 10.9 Å². The number of carbonyl (C=O) groups is 2. The van der Waals surface area contributed by atoms with Gasteiger partial charge < -0.3 is 19.9 Å². The van der Waals surface area contributed by atoms with Crippen molar-refractivity contribution in [2.45, 2.75) is 32.4 Å². The van der Waals surface area contributed by atoms with Crippen molar-refractivity contribution in [1.29, 1.82) is 0 Å². The molecule has 2 aromatic carbocycles. The normalized spacial score (nSPS) is 11.3. The molecule has 29 heavy (non-hydrogen) atoms. The van der Waals surface area contributed by atoms with E-state index in [0.29, 0.717) is 6.42 Å². The van der Waals surface area contributed by atoms with Gasteiger partial charge in [0, 0.05) is 29.7 Å². The number of rotatable bonds is 7. The third-order valence-corrected chi connectivity index (χ3v) is 5.18. The Morgan fingerprint density at radius 3 is 2.52 bits per heavy atom. The fourth-order valence-corrected chi connectivity index (χ4v) is 3.24. The number of alkyl carbamates (subject to hydrolysis) is 1. The van der Waals surface area contributed by atoms with E-state index in [1.54, 1.807) is 11.9 Å². The number of nitrogens with one attached hydrogen (secondary N) is 2. The Bertz CT molecular complexity index is 979. The van der Waals surface area contributed by atoms with Gasteiger partial charge in [-0.25, -0.2) is 4.79 Å². The third kappa shape index (κ3) is 5.16. The Balaban J connectivity index is 1.52. The van der Waals surface area contributed by atoms with Crippen molar-refractivity contribution in [3.8, 4) is 0 Å². The monoisotopic (exact) mass is 393 g/mol. The van der Waals surface area contributed by atoms with E-state index in [9.17, 15) is 9.59 Å². The second kappa shape index (κ2) is 8.82. The molecule has 0 fully saturated rings. The first-order valence-electron chi connectivity index (χ1n) is 9.63. The maximum Gasteiger partial charge on any atom is 0.407 e. The lowest BCUT2D eigenvalue weighted by atomic mass is 9.93. The molecule has 0 unspecified atom stereocenters. The molecular formula is C23H27N3O3. The molecule has 0 aliphatic carbocycles. The summed E-state index contributed by atoms with van der Waals surface area (Å²) in [4.78, 5) is 29.4. The van der Waals surface area contributed by atoms with Gasteiger partial charge in [-0.05, 0) is 37.5 Å². The number of para-hydroxylation sites is 1. The first-order valence-corrected chi connectivity index (χ1v) is 9.63. The highest BCUT2D eigenvalue weighted by Gasteiger charge is 2.29. The van der Waals surface area contributed by atoms with Crippen molar-refractivity contribution < 1.29 is 14.3 Å². The zero-order chi connectivity index (χ0) is 20.9. The van der Waals surface area contributed by atoms with Gasteiger partial charge in [0.2, 0.25) is 5.91 Å². The van der Waals surface area contributed by atoms with Crippen LogP contribution in [0.15, 0.2) is 60.8 Å². The van der Waals surface area contributed by atoms with Crippen molar-refractivity contribution in [3.63, 3.8) is 0 Å². The van der Waals surface area contributed by atoms with Crippen LogP contribution in [0.4, 0.5) is 4.79 Å². The second-order valence-electron chi connectivity index (χ2n) is 7.72. The Morgan fingerprint density at radius 1 is 1.07 bits per heavy atom. The molecule has 0 bridgehead atoms. The number of amides is 2. The topological polar surface area (TPSA) is 74.4 Å². The summed E-state index contributed by atoms with van der Waals surface area (Å²) in [5.74, 6) is -0.175. The van der Waals surface area contributed by atoms with Crippen molar-refractivity contribution in [2.24, 2.45) is 0 Å². The molecule has 6 heteroatoms. The van der Waals surface area contributed by atoms with Crippen LogP contribution in [0, 0.1) is 0 Å². The van der Waals surface area contributed by atoms with Gasteiger partial charge in [0.1, 0.15) is 13.2 Å². The molecule has 3 aromatic rings. The first kappa shape index (κ1) is 20.5. The number of likely N-dealkylation sites (N-methyl/N-ethyl adjacent to an activating group) is 1. The average Bonchev–Trinajstić information content (AvgIpc) is 3.13. The van der Waals surface area contributed by atoms with Gasteiger partial charge in [-0.1, -0.05) is 48.5 Å². The van der Waals surface area contributed by atoms with Gasteiger partial charge in [0.05, 0.1) is 0 Å². The largest absolute Gasteiger partial charge is 0.445 e. The van der Waals surface area contributed by atoms with E-state index in [1.807, 2.05) is 68.6 Å². The van der Waals surface area contributed by atoms with E-state index in [0.717, 1.165) is 22.0 Å². The van der Waals surface area contributed by atoms with E-state index in [-0.39, 0.29) is 19.1 Å². The smallest absolute Gasteiger partial charge is 0.407 e. The summed E-state index contributed by atoms with van der Waals surface area (Å²) in [6.45, 7) is 4.09. The molecule has 0 atom stereocenters. The molecule has 152 valence electrons. The number of hydrogen-bond acceptors (Lipinski definition) is 3. The predicted molar refractivity (Wildman–Crippen MR) is 113 cm³/mol. The SMILES string of the molecule is CN(C(=O)CNC(=O)OCc1ccccc1)C(C)(C)Cc1c[nH]c2ccccc12. The van der Waals surface area contributed by atoms with Crippen LogP contribution >= 0.6 is 0 Å². The fourth-order valence-electron chi connectivity index (χ4n) is 3.24. The maximum absolute atomic E-state index is 12.6. The number of aromatic amines is 1. The second-order valence-corrected chi connectivity index (χ2v) is 7.72. The molecule has 0 aliphatic heterocycles. The number of benzene rings is 2. The van der Waals surface area contributed by atoms with Gasteiger partial charge in [0.25, 0.3) is 0 Å². The maximum atomic E-state index is 12.6. The Kier molecular flexibility index (Phi) is 6.22. The molecule has 1 aromatic heterocycles. The van der Waals surface area contributed by atoms with Gasteiger partial charge in [0.15, 0.2) is 0 Å². The minimum atomic E-state index is -0.606. The first-order chi connectivity index (χ1) is 13.9. The number of aromatic nitrogens is 1. The predicted octanol–water partition coefficient (Wildman–Crippen LogP) is 3.87. The Labute approximate surface area is 170 Å². The van der Waals surface area contributed by atoms with E-state index in [1.165, 1.54) is 0 Å². The summed E-state index contributed by atoms with van der Waals surface area (Å²) >= 11 is 0. The van der Waals surface area contributed by atoms with E-state index in [2.05, 4.69) is 16.4 Å². The summed E-state index contributed by atoms with van der Waals surface area (Å²) in [6, 6.07) is 17.5. The van der Waals surface area contributed by atoms with Crippen molar-refractivity contribution >= 4 is 22.9 Å². The Hall–Kier alpha value is -3.28. The van der Waals surface area contributed by atoms with Crippen LogP contribution in [0.3, 0.4) is 0 Å². The fraction of sp³-hybridized carbons (Fsp3) is 0.304. The highest BCUT2D eigenvalue weighted by atomic mass is 16.5. The number of carbonyl (C=O) groups excluding carboxylic acids is 2. The molecule has 0 saturated carbocycles. The third-order valence-electron chi connectivity index (χ3n) is 5.18. The number of ether oxygens (including phenoxy) is 1. The minimum absolute atomic E-state index is 0.110. The molecule has 0 saturated heterocycles. The standard InChI is InChI=1S/C23H27N3O3/c1-23(2,13-18-14-24-20-12-8-7-11-19(18)20)26(3)21(27)15-25-22(28)29-16-17-9-5-4-6-10-17/h4-12,14,24H,13,15-16H2,1-3H3,(H,25,28). The highest BCUT2D eigenvalue weighted by Crippen LogP contribution is 2.25. The minimum Gasteiger partial charge on any atom is -0.445 e. The average molecular weight is 393 g/mol. The molecule has 0 radical (unpaired) electrons. The van der Waals surface area contributed by atoms with Crippen LogP contribution in [0.1, 0.15) is 25.0 Å². The van der Waals surface area contributed by atoms with E-state index in [4.69, 9.17) is 4.74 Å². The van der Waals surface area contributed by atoms with Crippen LogP contribution in [0.2, 0.25) is 0 Å². The lowest BCUT2D eigenvalue weighted by Crippen LogP contribution is -2.50. The van der Waals surface area contributed by atoms with Crippen molar-refractivity contribution in [2.75, 3.05) is 13.6 Å². The summed E-state index contributed by atoms with van der Waals surface area (Å²) < 4.78 is 5.15. The summed E-state index contributed by atoms with van der Waals surface area (Å²) in [5.41, 5.74) is 2.71. The van der Waals surface area contributed by atoms with E-state index >= 15 is 0 Å². The van der Waals surface area contributed by atoms with Crippen LogP contribution in [-0.4, -0.2) is 41.0 Å². The zero-order valence-electron chi connectivity index (χ0n) is 17.1. The number of hydrogen-bond donors (Lipinski definition) is 2. The molecule has 3 rings (SSSR count).